The minimum Gasteiger partial charge on any atom is -0.313 e. The average molecular weight is 203 g/mol. The molecule has 0 spiro atoms. The van der Waals surface area contributed by atoms with E-state index in [0.717, 1.165) is 29.2 Å². The molecule has 0 amide bonds. The van der Waals surface area contributed by atoms with Crippen molar-refractivity contribution in [2.45, 2.75) is 44.6 Å². The highest BCUT2D eigenvalue weighted by molar-refractivity contribution is 5.14. The summed E-state index contributed by atoms with van der Waals surface area (Å²) in [7, 11) is 0. The van der Waals surface area contributed by atoms with Crippen molar-refractivity contribution in [2.24, 2.45) is 23.2 Å². The van der Waals surface area contributed by atoms with Crippen LogP contribution >= 0.6 is 0 Å². The van der Waals surface area contributed by atoms with Gasteiger partial charge in [-0.2, -0.15) is 0 Å². The molecule has 3 unspecified atom stereocenters. The van der Waals surface area contributed by atoms with E-state index in [-0.39, 0.29) is 0 Å². The second kappa shape index (κ2) is 2.88. The maximum absolute atomic E-state index is 3.86. The Morgan fingerprint density at radius 2 is 2.13 bits per heavy atom. The molecular formula is C14H21N. The first-order valence-electron chi connectivity index (χ1n) is 6.77. The Morgan fingerprint density at radius 3 is 2.80 bits per heavy atom. The van der Waals surface area contributed by atoms with Crippen LogP contribution in [0.5, 0.6) is 0 Å². The van der Waals surface area contributed by atoms with Crippen molar-refractivity contribution in [3.63, 3.8) is 0 Å². The molecule has 0 aromatic rings. The van der Waals surface area contributed by atoms with Crippen LogP contribution in [0.4, 0.5) is 0 Å². The lowest BCUT2D eigenvalue weighted by molar-refractivity contribution is 0.153. The number of hydrogen-bond acceptors (Lipinski definition) is 1. The van der Waals surface area contributed by atoms with Crippen molar-refractivity contribution in [2.75, 3.05) is 6.54 Å². The average Bonchev–Trinajstić information content (AvgIpc) is 3.08. The summed E-state index contributed by atoms with van der Waals surface area (Å²) < 4.78 is 0. The summed E-state index contributed by atoms with van der Waals surface area (Å²) in [5.41, 5.74) is 0.785. The fraction of sp³-hybridized carbons (Fsp3) is 0.857. The Hall–Kier alpha value is -0.300. The molecule has 0 aromatic carbocycles. The van der Waals surface area contributed by atoms with Crippen LogP contribution in [0.1, 0.15) is 38.5 Å². The summed E-state index contributed by atoms with van der Waals surface area (Å²) >= 11 is 0. The van der Waals surface area contributed by atoms with Gasteiger partial charge in [-0.1, -0.05) is 12.2 Å². The SMILES string of the molecule is C1=CC2C(C1)CC2NCC1(C2CC2)CC1. The molecule has 3 fully saturated rings. The van der Waals surface area contributed by atoms with Crippen molar-refractivity contribution in [1.82, 2.24) is 5.32 Å². The molecule has 0 bridgehead atoms. The molecule has 1 heteroatoms. The number of rotatable bonds is 4. The van der Waals surface area contributed by atoms with E-state index in [1.54, 1.807) is 0 Å². The first-order valence-corrected chi connectivity index (χ1v) is 6.77. The van der Waals surface area contributed by atoms with E-state index in [9.17, 15) is 0 Å². The maximum Gasteiger partial charge on any atom is 0.0136 e. The summed E-state index contributed by atoms with van der Waals surface area (Å²) in [6.07, 6.45) is 13.7. The zero-order valence-corrected chi connectivity index (χ0v) is 9.41. The van der Waals surface area contributed by atoms with Gasteiger partial charge in [0.2, 0.25) is 0 Å². The Bertz CT molecular complexity index is 298. The molecule has 0 radical (unpaired) electrons. The van der Waals surface area contributed by atoms with Crippen LogP contribution in [0.25, 0.3) is 0 Å². The molecule has 1 N–H and O–H groups in total. The molecule has 3 saturated carbocycles. The van der Waals surface area contributed by atoms with Gasteiger partial charge in [0.25, 0.3) is 0 Å². The first-order chi connectivity index (χ1) is 7.37. The van der Waals surface area contributed by atoms with Crippen LogP contribution in [0.3, 0.4) is 0 Å². The Balaban J connectivity index is 1.32. The van der Waals surface area contributed by atoms with E-state index in [1.165, 1.54) is 45.1 Å². The quantitative estimate of drug-likeness (QED) is 0.693. The molecule has 1 nitrogen and oxygen atoms in total. The fourth-order valence-corrected chi connectivity index (χ4v) is 3.87. The van der Waals surface area contributed by atoms with E-state index in [1.807, 2.05) is 0 Å². The van der Waals surface area contributed by atoms with Crippen LogP contribution in [0.2, 0.25) is 0 Å². The molecule has 0 aliphatic heterocycles. The predicted octanol–water partition coefficient (Wildman–Crippen LogP) is 2.73. The van der Waals surface area contributed by atoms with Gasteiger partial charge in [0, 0.05) is 12.6 Å². The van der Waals surface area contributed by atoms with Gasteiger partial charge in [-0.3, -0.25) is 0 Å². The zero-order chi connectivity index (χ0) is 9.88. The second-order valence-corrected chi connectivity index (χ2v) is 6.36. The first kappa shape index (κ1) is 8.81. The van der Waals surface area contributed by atoms with Gasteiger partial charge in [0.05, 0.1) is 0 Å². The Morgan fingerprint density at radius 1 is 1.27 bits per heavy atom. The largest absolute Gasteiger partial charge is 0.313 e. The van der Waals surface area contributed by atoms with Gasteiger partial charge in [-0.05, 0) is 61.7 Å². The fourth-order valence-electron chi connectivity index (χ4n) is 3.87. The summed E-state index contributed by atoms with van der Waals surface area (Å²) in [4.78, 5) is 0. The molecule has 0 heterocycles. The molecule has 15 heavy (non-hydrogen) atoms. The molecule has 0 aromatic heterocycles. The zero-order valence-electron chi connectivity index (χ0n) is 9.41. The van der Waals surface area contributed by atoms with Crippen LogP contribution in [-0.4, -0.2) is 12.6 Å². The maximum atomic E-state index is 3.86. The number of fused-ring (bicyclic) bond motifs is 1. The third-order valence-electron chi connectivity index (χ3n) is 5.41. The predicted molar refractivity (Wildman–Crippen MR) is 61.5 cm³/mol. The molecule has 4 rings (SSSR count). The van der Waals surface area contributed by atoms with Crippen LogP contribution in [0.15, 0.2) is 12.2 Å². The third kappa shape index (κ3) is 1.32. The van der Waals surface area contributed by atoms with E-state index >= 15 is 0 Å². The van der Waals surface area contributed by atoms with Gasteiger partial charge in [-0.15, -0.1) is 0 Å². The van der Waals surface area contributed by atoms with Crippen LogP contribution in [-0.2, 0) is 0 Å². The molecule has 3 atom stereocenters. The number of allylic oxidation sites excluding steroid dienone is 1. The lowest BCUT2D eigenvalue weighted by Gasteiger charge is -2.41. The standard InChI is InChI=1S/C14H21N/c1-2-10-8-13(12(10)3-1)15-9-14(6-7-14)11-4-5-11/h1,3,10-13,15H,2,4-9H2. The van der Waals surface area contributed by atoms with Crippen molar-refractivity contribution in [3.05, 3.63) is 12.2 Å². The van der Waals surface area contributed by atoms with E-state index in [2.05, 4.69) is 17.5 Å². The summed E-state index contributed by atoms with van der Waals surface area (Å²) in [6.45, 7) is 1.33. The second-order valence-electron chi connectivity index (χ2n) is 6.36. The minimum atomic E-state index is 0.785. The highest BCUT2D eigenvalue weighted by Crippen LogP contribution is 2.61. The summed E-state index contributed by atoms with van der Waals surface area (Å²) in [6, 6.07) is 0.838. The highest BCUT2D eigenvalue weighted by atomic mass is 15.0. The highest BCUT2D eigenvalue weighted by Gasteiger charge is 2.54. The topological polar surface area (TPSA) is 12.0 Å². The molecular weight excluding hydrogens is 182 g/mol. The molecule has 4 aliphatic rings. The summed E-state index contributed by atoms with van der Waals surface area (Å²) in [5, 5.41) is 3.86. The van der Waals surface area contributed by atoms with Gasteiger partial charge in [0.15, 0.2) is 0 Å². The number of hydrogen-bond donors (Lipinski definition) is 1. The molecule has 4 aliphatic carbocycles. The van der Waals surface area contributed by atoms with Gasteiger partial charge >= 0.3 is 0 Å². The summed E-state index contributed by atoms with van der Waals surface area (Å²) in [5.74, 6) is 3.03. The lowest BCUT2D eigenvalue weighted by atomic mass is 9.71. The van der Waals surface area contributed by atoms with Crippen molar-refractivity contribution in [1.29, 1.82) is 0 Å². The monoisotopic (exact) mass is 203 g/mol. The molecule has 0 saturated heterocycles. The van der Waals surface area contributed by atoms with E-state index in [4.69, 9.17) is 0 Å². The van der Waals surface area contributed by atoms with Gasteiger partial charge in [-0.25, -0.2) is 0 Å². The third-order valence-corrected chi connectivity index (χ3v) is 5.41. The Labute approximate surface area is 92.3 Å². The lowest BCUT2D eigenvalue weighted by Crippen LogP contribution is -2.49. The normalized spacial score (nSPS) is 44.9. The minimum absolute atomic E-state index is 0.785. The van der Waals surface area contributed by atoms with Gasteiger partial charge in [0.1, 0.15) is 0 Å². The number of nitrogens with one attached hydrogen (secondary N) is 1. The Kier molecular flexibility index (Phi) is 1.69. The van der Waals surface area contributed by atoms with E-state index < -0.39 is 0 Å². The van der Waals surface area contributed by atoms with Crippen molar-refractivity contribution in [3.8, 4) is 0 Å². The van der Waals surface area contributed by atoms with Crippen LogP contribution in [0, 0.1) is 23.2 Å². The molecule has 82 valence electrons. The smallest absolute Gasteiger partial charge is 0.0136 e. The van der Waals surface area contributed by atoms with Gasteiger partial charge < -0.3 is 5.32 Å². The van der Waals surface area contributed by atoms with Crippen LogP contribution < -0.4 is 5.32 Å². The van der Waals surface area contributed by atoms with Crippen molar-refractivity contribution < 1.29 is 0 Å². The van der Waals surface area contributed by atoms with E-state index in [0.29, 0.717) is 0 Å². The van der Waals surface area contributed by atoms with Crippen molar-refractivity contribution >= 4 is 0 Å².